The quantitative estimate of drug-likeness (QED) is 0.802. The summed E-state index contributed by atoms with van der Waals surface area (Å²) in [6, 6.07) is 1.94. The van der Waals surface area contributed by atoms with Gasteiger partial charge in [-0.25, -0.2) is 4.98 Å². The van der Waals surface area contributed by atoms with Crippen LogP contribution in [0.5, 0.6) is 11.6 Å². The second-order valence-electron chi connectivity index (χ2n) is 5.48. The summed E-state index contributed by atoms with van der Waals surface area (Å²) >= 11 is 0. The third kappa shape index (κ3) is 3.35. The number of hydrogen-bond acceptors (Lipinski definition) is 3. The van der Waals surface area contributed by atoms with E-state index in [2.05, 4.69) is 11.9 Å². The van der Waals surface area contributed by atoms with Crippen molar-refractivity contribution in [3.8, 4) is 11.6 Å². The van der Waals surface area contributed by atoms with E-state index in [9.17, 15) is 0 Å². The molecule has 0 spiro atoms. The van der Waals surface area contributed by atoms with Crippen LogP contribution in [0.2, 0.25) is 0 Å². The fourth-order valence-electron chi connectivity index (χ4n) is 1.64. The largest absolute Gasteiger partial charge is 0.490 e. The minimum atomic E-state index is -0.227. The summed E-state index contributed by atoms with van der Waals surface area (Å²) in [6.45, 7) is 8.19. The molecule has 1 aromatic rings. The molecule has 1 fully saturated rings. The Hall–Kier alpha value is -1.25. The predicted molar refractivity (Wildman–Crippen MR) is 67.6 cm³/mol. The third-order valence-electron chi connectivity index (χ3n) is 2.55. The van der Waals surface area contributed by atoms with Crippen molar-refractivity contribution in [3.63, 3.8) is 0 Å². The summed E-state index contributed by atoms with van der Waals surface area (Å²) in [5, 5.41) is 0. The van der Waals surface area contributed by atoms with Gasteiger partial charge in [-0.1, -0.05) is 6.92 Å². The lowest BCUT2D eigenvalue weighted by Crippen LogP contribution is -2.24. The number of ether oxygens (including phenoxy) is 2. The zero-order chi connectivity index (χ0) is 12.5. The lowest BCUT2D eigenvalue weighted by molar-refractivity contribution is 0.121. The molecule has 3 nitrogen and oxygen atoms in total. The third-order valence-corrected chi connectivity index (χ3v) is 2.55. The Labute approximate surface area is 103 Å². The van der Waals surface area contributed by atoms with E-state index in [0.29, 0.717) is 12.0 Å². The van der Waals surface area contributed by atoms with Gasteiger partial charge in [0.05, 0.1) is 11.7 Å². The van der Waals surface area contributed by atoms with Crippen LogP contribution in [0.15, 0.2) is 12.3 Å². The van der Waals surface area contributed by atoms with E-state index in [0.717, 1.165) is 17.7 Å². The van der Waals surface area contributed by atoms with Gasteiger partial charge in [-0.15, -0.1) is 0 Å². The molecule has 1 aliphatic rings. The van der Waals surface area contributed by atoms with Crippen molar-refractivity contribution in [3.05, 3.63) is 17.8 Å². The zero-order valence-corrected chi connectivity index (χ0v) is 11.1. The Bertz CT molecular complexity index is 392. The van der Waals surface area contributed by atoms with Gasteiger partial charge in [0.2, 0.25) is 5.88 Å². The molecule has 2 rings (SSSR count). The SMILES string of the molecule is CCc1c(OC2CC2)ccnc1OC(C)(C)C. The van der Waals surface area contributed by atoms with Crippen molar-refractivity contribution in [1.29, 1.82) is 0 Å². The van der Waals surface area contributed by atoms with Gasteiger partial charge in [0.15, 0.2) is 0 Å². The minimum absolute atomic E-state index is 0.227. The van der Waals surface area contributed by atoms with Crippen LogP contribution in [0.25, 0.3) is 0 Å². The van der Waals surface area contributed by atoms with Gasteiger partial charge < -0.3 is 9.47 Å². The van der Waals surface area contributed by atoms with Gasteiger partial charge in [-0.05, 0) is 46.1 Å². The lowest BCUT2D eigenvalue weighted by atomic mass is 10.1. The van der Waals surface area contributed by atoms with Crippen LogP contribution >= 0.6 is 0 Å². The summed E-state index contributed by atoms with van der Waals surface area (Å²) < 4.78 is 11.8. The maximum Gasteiger partial charge on any atom is 0.220 e. The molecular formula is C14H21NO2. The maximum atomic E-state index is 5.88. The first-order chi connectivity index (χ1) is 7.99. The van der Waals surface area contributed by atoms with E-state index >= 15 is 0 Å². The van der Waals surface area contributed by atoms with Crippen molar-refractivity contribution >= 4 is 0 Å². The number of pyridine rings is 1. The number of nitrogens with zero attached hydrogens (tertiary/aromatic N) is 1. The van der Waals surface area contributed by atoms with E-state index in [4.69, 9.17) is 9.47 Å². The first kappa shape index (κ1) is 12.2. The Morgan fingerprint density at radius 1 is 1.35 bits per heavy atom. The van der Waals surface area contributed by atoms with E-state index in [-0.39, 0.29) is 5.60 Å². The van der Waals surface area contributed by atoms with Gasteiger partial charge in [-0.3, -0.25) is 0 Å². The second kappa shape index (κ2) is 4.55. The van der Waals surface area contributed by atoms with Crippen molar-refractivity contribution in [2.45, 2.75) is 58.7 Å². The first-order valence-electron chi connectivity index (χ1n) is 6.33. The van der Waals surface area contributed by atoms with Crippen LogP contribution in [-0.4, -0.2) is 16.7 Å². The Morgan fingerprint density at radius 2 is 2.06 bits per heavy atom. The van der Waals surface area contributed by atoms with E-state index in [1.165, 1.54) is 12.8 Å². The van der Waals surface area contributed by atoms with Crippen LogP contribution in [0.1, 0.15) is 46.1 Å². The molecule has 3 heteroatoms. The Balaban J connectivity index is 2.24. The summed E-state index contributed by atoms with van der Waals surface area (Å²) in [5.41, 5.74) is 0.851. The molecule has 17 heavy (non-hydrogen) atoms. The molecule has 0 radical (unpaired) electrons. The monoisotopic (exact) mass is 235 g/mol. The molecule has 0 saturated heterocycles. The average Bonchev–Trinajstić information content (AvgIpc) is 2.99. The number of rotatable bonds is 4. The number of aromatic nitrogens is 1. The molecule has 0 unspecified atom stereocenters. The first-order valence-corrected chi connectivity index (χ1v) is 6.33. The Morgan fingerprint density at radius 3 is 2.59 bits per heavy atom. The minimum Gasteiger partial charge on any atom is -0.490 e. The molecule has 0 amide bonds. The van der Waals surface area contributed by atoms with Crippen molar-refractivity contribution in [2.24, 2.45) is 0 Å². The molecule has 1 aliphatic carbocycles. The molecule has 0 N–H and O–H groups in total. The van der Waals surface area contributed by atoms with Crippen LogP contribution < -0.4 is 9.47 Å². The molecule has 0 aliphatic heterocycles. The average molecular weight is 235 g/mol. The molecule has 0 atom stereocenters. The van der Waals surface area contributed by atoms with Crippen molar-refractivity contribution < 1.29 is 9.47 Å². The smallest absolute Gasteiger partial charge is 0.220 e. The van der Waals surface area contributed by atoms with E-state index in [1.807, 2.05) is 26.8 Å². The molecule has 1 aromatic heterocycles. The van der Waals surface area contributed by atoms with Crippen molar-refractivity contribution in [2.75, 3.05) is 0 Å². The second-order valence-corrected chi connectivity index (χ2v) is 5.48. The maximum absolute atomic E-state index is 5.88. The lowest BCUT2D eigenvalue weighted by Gasteiger charge is -2.23. The fraction of sp³-hybridized carbons (Fsp3) is 0.643. The van der Waals surface area contributed by atoms with Gasteiger partial charge in [0.25, 0.3) is 0 Å². The topological polar surface area (TPSA) is 31.4 Å². The molecular weight excluding hydrogens is 214 g/mol. The zero-order valence-electron chi connectivity index (χ0n) is 11.1. The summed E-state index contributed by atoms with van der Waals surface area (Å²) in [4.78, 5) is 4.32. The van der Waals surface area contributed by atoms with Crippen molar-refractivity contribution in [1.82, 2.24) is 4.98 Å². The highest BCUT2D eigenvalue weighted by atomic mass is 16.5. The summed E-state index contributed by atoms with van der Waals surface area (Å²) in [7, 11) is 0. The molecule has 0 aromatic carbocycles. The van der Waals surface area contributed by atoms with E-state index < -0.39 is 0 Å². The normalized spacial score (nSPS) is 15.8. The van der Waals surface area contributed by atoms with Crippen LogP contribution in [-0.2, 0) is 6.42 Å². The van der Waals surface area contributed by atoms with Gasteiger partial charge in [0.1, 0.15) is 11.4 Å². The van der Waals surface area contributed by atoms with E-state index in [1.54, 1.807) is 6.20 Å². The number of hydrogen-bond donors (Lipinski definition) is 0. The molecule has 1 saturated carbocycles. The van der Waals surface area contributed by atoms with Gasteiger partial charge in [0, 0.05) is 6.20 Å². The fourth-order valence-corrected chi connectivity index (χ4v) is 1.64. The van der Waals surface area contributed by atoms with Gasteiger partial charge in [-0.2, -0.15) is 0 Å². The Kier molecular flexibility index (Phi) is 3.27. The summed E-state index contributed by atoms with van der Waals surface area (Å²) in [5.74, 6) is 1.64. The summed E-state index contributed by atoms with van der Waals surface area (Å²) in [6.07, 6.45) is 5.38. The highest BCUT2D eigenvalue weighted by molar-refractivity contribution is 5.40. The molecule has 1 heterocycles. The van der Waals surface area contributed by atoms with Crippen LogP contribution in [0.3, 0.4) is 0 Å². The molecule has 0 bridgehead atoms. The predicted octanol–water partition coefficient (Wildman–Crippen LogP) is 3.36. The standard InChI is InChI=1S/C14H21NO2/c1-5-11-12(16-10-6-7-10)8-9-15-13(11)17-14(2,3)4/h8-10H,5-7H2,1-4H3. The van der Waals surface area contributed by atoms with Crippen LogP contribution in [0, 0.1) is 0 Å². The highest BCUT2D eigenvalue weighted by Gasteiger charge is 2.26. The van der Waals surface area contributed by atoms with Gasteiger partial charge >= 0.3 is 0 Å². The highest BCUT2D eigenvalue weighted by Crippen LogP contribution is 2.33. The van der Waals surface area contributed by atoms with Crippen LogP contribution in [0.4, 0.5) is 0 Å². The molecule has 94 valence electrons.